The fraction of sp³-hybridized carbons (Fsp3) is 0.538. The maximum Gasteiger partial charge on any atom is 0.0412 e. The summed E-state index contributed by atoms with van der Waals surface area (Å²) in [4.78, 5) is 0. The van der Waals surface area contributed by atoms with Crippen molar-refractivity contribution in [3.8, 4) is 0 Å². The molecule has 2 atom stereocenters. The molecule has 0 aliphatic heterocycles. The zero-order valence-electron chi connectivity index (χ0n) is 9.59. The second kappa shape index (κ2) is 4.23. The highest BCUT2D eigenvalue weighted by atomic mass is 15.0. The molecule has 0 spiro atoms. The van der Waals surface area contributed by atoms with Gasteiger partial charge >= 0.3 is 0 Å². The van der Waals surface area contributed by atoms with Crippen molar-refractivity contribution in [2.75, 3.05) is 5.32 Å². The molecular formula is C13H20N2. The summed E-state index contributed by atoms with van der Waals surface area (Å²) in [5.74, 6) is 0. The summed E-state index contributed by atoms with van der Waals surface area (Å²) < 4.78 is 0. The molecule has 0 amide bonds. The quantitative estimate of drug-likeness (QED) is 0.777. The van der Waals surface area contributed by atoms with Gasteiger partial charge in [0.1, 0.15) is 0 Å². The number of rotatable bonds is 2. The Morgan fingerprint density at radius 1 is 1.27 bits per heavy atom. The maximum absolute atomic E-state index is 6.04. The van der Waals surface area contributed by atoms with Crippen molar-refractivity contribution in [2.45, 2.75) is 45.2 Å². The van der Waals surface area contributed by atoms with E-state index in [9.17, 15) is 0 Å². The molecule has 0 radical (unpaired) electrons. The molecule has 15 heavy (non-hydrogen) atoms. The Kier molecular flexibility index (Phi) is 2.96. The minimum absolute atomic E-state index is 0.325. The summed E-state index contributed by atoms with van der Waals surface area (Å²) in [6.07, 6.45) is 3.61. The van der Waals surface area contributed by atoms with Crippen LogP contribution in [0.5, 0.6) is 0 Å². The van der Waals surface area contributed by atoms with Crippen LogP contribution in [0.4, 0.5) is 5.69 Å². The van der Waals surface area contributed by atoms with Gasteiger partial charge in [0.15, 0.2) is 0 Å². The zero-order chi connectivity index (χ0) is 10.8. The van der Waals surface area contributed by atoms with Gasteiger partial charge in [0, 0.05) is 17.8 Å². The number of anilines is 1. The fourth-order valence-corrected chi connectivity index (χ4v) is 2.34. The van der Waals surface area contributed by atoms with E-state index in [1.54, 1.807) is 0 Å². The molecule has 1 aromatic carbocycles. The topological polar surface area (TPSA) is 38.0 Å². The van der Waals surface area contributed by atoms with Crippen LogP contribution in [0.1, 0.15) is 30.4 Å². The smallest absolute Gasteiger partial charge is 0.0412 e. The lowest BCUT2D eigenvalue weighted by Crippen LogP contribution is -2.35. The molecule has 3 N–H and O–H groups in total. The van der Waals surface area contributed by atoms with Crippen molar-refractivity contribution in [2.24, 2.45) is 5.73 Å². The van der Waals surface area contributed by atoms with E-state index in [1.807, 2.05) is 0 Å². The summed E-state index contributed by atoms with van der Waals surface area (Å²) in [5.41, 5.74) is 9.91. The van der Waals surface area contributed by atoms with Gasteiger partial charge in [-0.3, -0.25) is 0 Å². The number of nitrogens with one attached hydrogen (secondary N) is 1. The van der Waals surface area contributed by atoms with Gasteiger partial charge in [-0.05, 0) is 44.7 Å². The summed E-state index contributed by atoms with van der Waals surface area (Å²) in [6.45, 7) is 4.27. The third kappa shape index (κ3) is 2.32. The van der Waals surface area contributed by atoms with Gasteiger partial charge in [0.05, 0.1) is 0 Å². The van der Waals surface area contributed by atoms with Gasteiger partial charge in [-0.25, -0.2) is 0 Å². The minimum Gasteiger partial charge on any atom is -0.381 e. The zero-order valence-corrected chi connectivity index (χ0v) is 9.59. The molecule has 1 aliphatic rings. The average Bonchev–Trinajstić information content (AvgIpc) is 2.57. The molecule has 1 saturated carbocycles. The highest BCUT2D eigenvalue weighted by Crippen LogP contribution is 2.24. The first-order chi connectivity index (χ1) is 7.16. The van der Waals surface area contributed by atoms with E-state index in [4.69, 9.17) is 5.73 Å². The maximum atomic E-state index is 6.04. The summed E-state index contributed by atoms with van der Waals surface area (Å²) in [7, 11) is 0. The molecule has 0 aromatic heterocycles. The first kappa shape index (κ1) is 10.5. The Labute approximate surface area is 91.9 Å². The van der Waals surface area contributed by atoms with Gasteiger partial charge in [-0.2, -0.15) is 0 Å². The van der Waals surface area contributed by atoms with Crippen LogP contribution in [0.15, 0.2) is 18.2 Å². The van der Waals surface area contributed by atoms with Crippen LogP contribution in [0.2, 0.25) is 0 Å². The van der Waals surface area contributed by atoms with Gasteiger partial charge in [0.2, 0.25) is 0 Å². The standard InChI is InChI=1S/C13H20N2/c1-9-6-7-12(10(2)8-9)15-13-5-3-4-11(13)14/h6-8,11,13,15H,3-5,14H2,1-2H3/t11-,13-/m1/s1. The first-order valence-electron chi connectivity index (χ1n) is 5.76. The lowest BCUT2D eigenvalue weighted by molar-refractivity contribution is 0.637. The van der Waals surface area contributed by atoms with Gasteiger partial charge in [0.25, 0.3) is 0 Å². The van der Waals surface area contributed by atoms with Crippen LogP contribution >= 0.6 is 0 Å². The molecule has 82 valence electrons. The second-order valence-corrected chi connectivity index (χ2v) is 4.66. The fourth-order valence-electron chi connectivity index (χ4n) is 2.34. The van der Waals surface area contributed by atoms with Crippen molar-refractivity contribution in [1.29, 1.82) is 0 Å². The highest BCUT2D eigenvalue weighted by Gasteiger charge is 2.23. The van der Waals surface area contributed by atoms with Crippen LogP contribution in [0.3, 0.4) is 0 Å². The first-order valence-corrected chi connectivity index (χ1v) is 5.76. The van der Waals surface area contributed by atoms with Crippen LogP contribution in [0.25, 0.3) is 0 Å². The van der Waals surface area contributed by atoms with Gasteiger partial charge in [-0.15, -0.1) is 0 Å². The van der Waals surface area contributed by atoms with Gasteiger partial charge < -0.3 is 11.1 Å². The van der Waals surface area contributed by atoms with Crippen LogP contribution in [-0.2, 0) is 0 Å². The third-order valence-corrected chi connectivity index (χ3v) is 3.29. The van der Waals surface area contributed by atoms with E-state index in [2.05, 4.69) is 37.4 Å². The molecule has 2 rings (SSSR count). The van der Waals surface area contributed by atoms with Crippen LogP contribution < -0.4 is 11.1 Å². The largest absolute Gasteiger partial charge is 0.381 e. The van der Waals surface area contributed by atoms with E-state index in [0.717, 1.165) is 6.42 Å². The molecule has 0 bridgehead atoms. The van der Waals surface area contributed by atoms with Crippen molar-refractivity contribution in [1.82, 2.24) is 0 Å². The lowest BCUT2D eigenvalue weighted by Gasteiger charge is -2.20. The van der Waals surface area contributed by atoms with Crippen molar-refractivity contribution >= 4 is 5.69 Å². The minimum atomic E-state index is 0.325. The van der Waals surface area contributed by atoms with E-state index >= 15 is 0 Å². The van der Waals surface area contributed by atoms with E-state index in [1.165, 1.54) is 29.7 Å². The average molecular weight is 204 g/mol. The Morgan fingerprint density at radius 3 is 2.67 bits per heavy atom. The van der Waals surface area contributed by atoms with Gasteiger partial charge in [-0.1, -0.05) is 17.7 Å². The van der Waals surface area contributed by atoms with E-state index in [0.29, 0.717) is 12.1 Å². The SMILES string of the molecule is Cc1ccc(N[C@@H]2CCC[C@H]2N)c(C)c1. The van der Waals surface area contributed by atoms with Crippen molar-refractivity contribution < 1.29 is 0 Å². The number of aryl methyl sites for hydroxylation is 2. The molecule has 2 nitrogen and oxygen atoms in total. The highest BCUT2D eigenvalue weighted by molar-refractivity contribution is 5.52. The lowest BCUT2D eigenvalue weighted by atomic mass is 10.1. The van der Waals surface area contributed by atoms with Crippen molar-refractivity contribution in [3.05, 3.63) is 29.3 Å². The summed E-state index contributed by atoms with van der Waals surface area (Å²) >= 11 is 0. The number of nitrogens with two attached hydrogens (primary N) is 1. The predicted octanol–water partition coefficient (Wildman–Crippen LogP) is 2.60. The number of hydrogen-bond acceptors (Lipinski definition) is 2. The molecular weight excluding hydrogens is 184 g/mol. The van der Waals surface area contributed by atoms with Crippen LogP contribution in [0, 0.1) is 13.8 Å². The Balaban J connectivity index is 2.10. The normalized spacial score (nSPS) is 25.5. The Hall–Kier alpha value is -1.02. The number of hydrogen-bond donors (Lipinski definition) is 2. The van der Waals surface area contributed by atoms with E-state index in [-0.39, 0.29) is 0 Å². The molecule has 0 saturated heterocycles. The summed E-state index contributed by atoms with van der Waals surface area (Å²) in [5, 5.41) is 3.56. The third-order valence-electron chi connectivity index (χ3n) is 3.29. The second-order valence-electron chi connectivity index (χ2n) is 4.66. The monoisotopic (exact) mass is 204 g/mol. The predicted molar refractivity (Wildman–Crippen MR) is 65.2 cm³/mol. The Bertz CT molecular complexity index is 346. The Morgan fingerprint density at radius 2 is 2.07 bits per heavy atom. The molecule has 0 heterocycles. The van der Waals surface area contributed by atoms with Crippen molar-refractivity contribution in [3.63, 3.8) is 0 Å². The summed E-state index contributed by atoms with van der Waals surface area (Å²) in [6, 6.07) is 7.31. The molecule has 1 aliphatic carbocycles. The number of benzene rings is 1. The molecule has 1 fully saturated rings. The van der Waals surface area contributed by atoms with E-state index < -0.39 is 0 Å². The van der Waals surface area contributed by atoms with Crippen LogP contribution in [-0.4, -0.2) is 12.1 Å². The molecule has 0 unspecified atom stereocenters. The molecule has 2 heteroatoms. The molecule has 1 aromatic rings.